The van der Waals surface area contributed by atoms with E-state index in [0.717, 1.165) is 11.6 Å². The first-order valence-corrected chi connectivity index (χ1v) is 7.56. The van der Waals surface area contributed by atoms with Crippen molar-refractivity contribution in [1.29, 1.82) is 0 Å². The summed E-state index contributed by atoms with van der Waals surface area (Å²) in [6.45, 7) is 0.732. The molecule has 8 heteroatoms. The van der Waals surface area contributed by atoms with E-state index >= 15 is 0 Å². The van der Waals surface area contributed by atoms with Gasteiger partial charge in [0.15, 0.2) is 0 Å². The Morgan fingerprint density at radius 1 is 1.04 bits per heavy atom. The lowest BCUT2D eigenvalue weighted by Gasteiger charge is -2.02. The molecule has 3 aromatic rings. The van der Waals surface area contributed by atoms with E-state index in [2.05, 4.69) is 5.10 Å². The van der Waals surface area contributed by atoms with Gasteiger partial charge in [-0.05, 0) is 24.3 Å². The maximum absolute atomic E-state index is 13.7. The molecule has 3 nitrogen and oxygen atoms in total. The van der Waals surface area contributed by atoms with E-state index < -0.39 is 11.6 Å². The van der Waals surface area contributed by atoms with Crippen LogP contribution in [0.2, 0.25) is 10.0 Å². The molecule has 0 saturated heterocycles. The average molecular weight is 435 g/mol. The van der Waals surface area contributed by atoms with Crippen LogP contribution >= 0.6 is 23.2 Å². The first-order chi connectivity index (χ1) is 11.0. The molecule has 0 unspecified atom stereocenters. The van der Waals surface area contributed by atoms with E-state index in [4.69, 9.17) is 23.2 Å². The van der Waals surface area contributed by atoms with E-state index in [9.17, 15) is 8.78 Å². The fourth-order valence-corrected chi connectivity index (χ4v) is 2.67. The lowest BCUT2D eigenvalue weighted by Crippen LogP contribution is -3.00. The maximum Gasteiger partial charge on any atom is 0.265 e. The van der Waals surface area contributed by atoms with Crippen LogP contribution in [0.3, 0.4) is 0 Å². The van der Waals surface area contributed by atoms with Crippen molar-refractivity contribution in [2.75, 3.05) is 0 Å². The zero-order valence-corrected chi connectivity index (χ0v) is 15.4. The van der Waals surface area contributed by atoms with Crippen LogP contribution in [0.4, 0.5) is 8.78 Å². The largest absolute Gasteiger partial charge is 1.00 e. The molecule has 0 aliphatic heterocycles. The zero-order chi connectivity index (χ0) is 16.4. The Bertz CT molecular complexity index is 787. The summed E-state index contributed by atoms with van der Waals surface area (Å²) in [6, 6.07) is 8.78. The summed E-state index contributed by atoms with van der Waals surface area (Å²) >= 11 is 12.0. The smallest absolute Gasteiger partial charge is 0.265 e. The van der Waals surface area contributed by atoms with Gasteiger partial charge in [-0.1, -0.05) is 29.3 Å². The summed E-state index contributed by atoms with van der Waals surface area (Å²) < 4.78 is 30.0. The highest BCUT2D eigenvalue weighted by Gasteiger charge is 2.12. The van der Waals surface area contributed by atoms with Crippen LogP contribution in [-0.4, -0.2) is 9.78 Å². The van der Waals surface area contributed by atoms with Gasteiger partial charge in [0.05, 0.1) is 6.54 Å². The first-order valence-electron chi connectivity index (χ1n) is 6.80. The molecule has 0 saturated carbocycles. The molecule has 1 heterocycles. The van der Waals surface area contributed by atoms with E-state index in [-0.39, 0.29) is 23.5 Å². The topological polar surface area (TPSA) is 21.7 Å². The normalized spacial score (nSPS) is 10.5. The molecule has 2 aromatic carbocycles. The maximum atomic E-state index is 13.7. The molecule has 0 radical (unpaired) electrons. The third-order valence-electron chi connectivity index (χ3n) is 3.35. The summed E-state index contributed by atoms with van der Waals surface area (Å²) in [7, 11) is 0. The molecule has 126 valence electrons. The van der Waals surface area contributed by atoms with Gasteiger partial charge >= 0.3 is 0 Å². The number of aromatic nitrogens is 3. The number of halogens is 5. The Kier molecular flexibility index (Phi) is 6.32. The van der Waals surface area contributed by atoms with E-state index in [1.165, 1.54) is 12.1 Å². The van der Waals surface area contributed by atoms with Crippen LogP contribution in [0.15, 0.2) is 49.1 Å². The molecule has 1 aromatic heterocycles. The van der Waals surface area contributed by atoms with Gasteiger partial charge in [0.2, 0.25) is 6.33 Å². The molecule has 0 fully saturated rings. The summed E-state index contributed by atoms with van der Waals surface area (Å²) in [4.78, 5) is 0. The van der Waals surface area contributed by atoms with Crippen molar-refractivity contribution in [3.05, 3.63) is 81.9 Å². The monoisotopic (exact) mass is 433 g/mol. The molecule has 0 N–H and O–H groups in total. The fourth-order valence-electron chi connectivity index (χ4n) is 2.20. The molecule has 0 aliphatic carbocycles. The molecule has 0 aliphatic rings. The Balaban J connectivity index is 0.00000208. The van der Waals surface area contributed by atoms with Gasteiger partial charge in [0, 0.05) is 32.3 Å². The highest BCUT2D eigenvalue weighted by atomic mass is 79.9. The number of hydrogen-bond donors (Lipinski definition) is 0. The van der Waals surface area contributed by atoms with E-state index in [1.807, 2.05) is 10.6 Å². The number of nitrogens with zero attached hydrogens (tertiary/aromatic N) is 3. The SMILES string of the molecule is Fc1ccc(Cn2c[n+](Cc3ccc(Cl)cc3Cl)cn2)c(F)c1.[Br-]. The van der Waals surface area contributed by atoms with Crippen LogP contribution in [0.5, 0.6) is 0 Å². The minimum Gasteiger partial charge on any atom is -1.00 e. The summed E-state index contributed by atoms with van der Waals surface area (Å²) in [5.74, 6) is -1.19. The molecule has 0 spiro atoms. The van der Waals surface area contributed by atoms with Gasteiger partial charge in [-0.3, -0.25) is 0 Å². The predicted molar refractivity (Wildman–Crippen MR) is 83.4 cm³/mol. The van der Waals surface area contributed by atoms with Crippen LogP contribution < -0.4 is 21.5 Å². The van der Waals surface area contributed by atoms with Crippen molar-refractivity contribution in [3.8, 4) is 0 Å². The van der Waals surface area contributed by atoms with E-state index in [1.54, 1.807) is 29.5 Å². The molecular weight excluding hydrogens is 423 g/mol. The molecule has 0 atom stereocenters. The van der Waals surface area contributed by atoms with Gasteiger partial charge in [-0.2, -0.15) is 0 Å². The van der Waals surface area contributed by atoms with Gasteiger partial charge < -0.3 is 17.0 Å². The second-order valence-electron chi connectivity index (χ2n) is 5.09. The van der Waals surface area contributed by atoms with Crippen molar-refractivity contribution in [2.24, 2.45) is 0 Å². The van der Waals surface area contributed by atoms with Crippen molar-refractivity contribution in [3.63, 3.8) is 0 Å². The van der Waals surface area contributed by atoms with Gasteiger partial charge in [0.1, 0.15) is 18.2 Å². The third kappa shape index (κ3) is 4.53. The first kappa shape index (κ1) is 18.8. The Hall–Kier alpha value is -1.50. The minimum atomic E-state index is -0.598. The molecule has 0 bridgehead atoms. The highest BCUT2D eigenvalue weighted by molar-refractivity contribution is 6.35. The van der Waals surface area contributed by atoms with Crippen molar-refractivity contribution in [1.82, 2.24) is 9.78 Å². The Morgan fingerprint density at radius 2 is 1.79 bits per heavy atom. The third-order valence-corrected chi connectivity index (χ3v) is 3.93. The quantitative estimate of drug-likeness (QED) is 0.558. The Labute approximate surface area is 158 Å². The standard InChI is InChI=1S/C16H12Cl2F2N3.BrH/c17-13-3-1-11(15(18)5-13)7-22-9-21-23(10-22)8-12-2-4-14(19)6-16(12)20;/h1-6,9-10H,7-8H2;1H/q+1;/p-1. The lowest BCUT2D eigenvalue weighted by atomic mass is 10.2. The van der Waals surface area contributed by atoms with Gasteiger partial charge in [-0.15, -0.1) is 4.68 Å². The van der Waals surface area contributed by atoms with Crippen LogP contribution in [-0.2, 0) is 13.1 Å². The van der Waals surface area contributed by atoms with Crippen LogP contribution in [0.25, 0.3) is 0 Å². The Morgan fingerprint density at radius 3 is 2.50 bits per heavy atom. The number of benzene rings is 2. The van der Waals surface area contributed by atoms with E-state index in [0.29, 0.717) is 22.2 Å². The highest BCUT2D eigenvalue weighted by Crippen LogP contribution is 2.20. The summed E-state index contributed by atoms with van der Waals surface area (Å²) in [6.07, 6.45) is 3.35. The number of rotatable bonds is 4. The second kappa shape index (κ2) is 8.05. The molecule has 3 rings (SSSR count). The van der Waals surface area contributed by atoms with Crippen molar-refractivity contribution < 1.29 is 30.3 Å². The summed E-state index contributed by atoms with van der Waals surface area (Å²) in [5.41, 5.74) is 1.26. The van der Waals surface area contributed by atoms with Crippen molar-refractivity contribution >= 4 is 23.2 Å². The predicted octanol–water partition coefficient (Wildman–Crippen LogP) is 0.856. The van der Waals surface area contributed by atoms with Crippen LogP contribution in [0.1, 0.15) is 11.1 Å². The summed E-state index contributed by atoms with van der Waals surface area (Å²) in [5, 5.41) is 5.32. The second-order valence-corrected chi connectivity index (χ2v) is 5.93. The van der Waals surface area contributed by atoms with Gasteiger partial charge in [0.25, 0.3) is 6.33 Å². The van der Waals surface area contributed by atoms with Crippen LogP contribution in [0, 0.1) is 11.6 Å². The molecular formula is C16H12BrCl2F2N3. The van der Waals surface area contributed by atoms with Crippen molar-refractivity contribution in [2.45, 2.75) is 13.1 Å². The minimum absolute atomic E-state index is 0. The molecule has 24 heavy (non-hydrogen) atoms. The number of hydrogen-bond acceptors (Lipinski definition) is 1. The zero-order valence-electron chi connectivity index (χ0n) is 12.3. The fraction of sp³-hybridized carbons (Fsp3) is 0.125. The average Bonchev–Trinajstić information content (AvgIpc) is 2.92. The molecule has 0 amide bonds. The van der Waals surface area contributed by atoms with Gasteiger partial charge in [-0.25, -0.2) is 13.3 Å². The lowest BCUT2D eigenvalue weighted by molar-refractivity contribution is -0.689.